The van der Waals surface area contributed by atoms with Gasteiger partial charge in [0.15, 0.2) is 0 Å². The van der Waals surface area contributed by atoms with Crippen LogP contribution in [-0.4, -0.2) is 29.1 Å². The Morgan fingerprint density at radius 1 is 1.32 bits per heavy atom. The van der Waals surface area contributed by atoms with E-state index in [0.717, 1.165) is 5.56 Å². The highest BCUT2D eigenvalue weighted by molar-refractivity contribution is 6.39. The van der Waals surface area contributed by atoms with Gasteiger partial charge in [-0.25, -0.2) is 0 Å². The van der Waals surface area contributed by atoms with E-state index in [4.69, 9.17) is 10.00 Å². The third kappa shape index (κ3) is 3.61. The number of H-pyrrole nitrogens is 1. The molecule has 2 amide bonds. The SMILES string of the molecule is COc1ccc(CNC(=O)C(=O)Nc2[nH]ncc2C#N)cc1. The Bertz CT molecular complexity index is 715. The normalized spacial score (nSPS) is 9.64. The van der Waals surface area contributed by atoms with Gasteiger partial charge in [0.2, 0.25) is 0 Å². The zero-order valence-corrected chi connectivity index (χ0v) is 11.7. The topological polar surface area (TPSA) is 120 Å². The smallest absolute Gasteiger partial charge is 0.314 e. The number of carbonyl (C=O) groups is 2. The molecule has 8 heteroatoms. The molecule has 0 aliphatic heterocycles. The van der Waals surface area contributed by atoms with Crippen LogP contribution in [0, 0.1) is 11.3 Å². The van der Waals surface area contributed by atoms with Crippen LogP contribution in [0.3, 0.4) is 0 Å². The summed E-state index contributed by atoms with van der Waals surface area (Å²) in [5.74, 6) is -0.897. The van der Waals surface area contributed by atoms with Crippen LogP contribution in [0.5, 0.6) is 5.75 Å². The fourth-order valence-corrected chi connectivity index (χ4v) is 1.64. The van der Waals surface area contributed by atoms with Crippen LogP contribution in [-0.2, 0) is 16.1 Å². The first-order valence-electron chi connectivity index (χ1n) is 6.29. The minimum atomic E-state index is -0.880. The fraction of sp³-hybridized carbons (Fsp3) is 0.143. The van der Waals surface area contributed by atoms with E-state index in [1.165, 1.54) is 6.20 Å². The van der Waals surface area contributed by atoms with E-state index in [-0.39, 0.29) is 17.9 Å². The molecule has 0 saturated heterocycles. The number of hydrogen-bond donors (Lipinski definition) is 3. The molecule has 0 aliphatic rings. The third-order valence-corrected chi connectivity index (χ3v) is 2.82. The van der Waals surface area contributed by atoms with E-state index in [9.17, 15) is 9.59 Å². The Kier molecular flexibility index (Phi) is 4.72. The molecule has 3 N–H and O–H groups in total. The molecule has 0 atom stereocenters. The van der Waals surface area contributed by atoms with Gasteiger partial charge >= 0.3 is 11.8 Å². The van der Waals surface area contributed by atoms with Gasteiger partial charge in [-0.05, 0) is 17.7 Å². The molecule has 1 heterocycles. The Labute approximate surface area is 126 Å². The van der Waals surface area contributed by atoms with Crippen molar-refractivity contribution in [2.45, 2.75) is 6.54 Å². The van der Waals surface area contributed by atoms with Crippen molar-refractivity contribution in [3.63, 3.8) is 0 Å². The Morgan fingerprint density at radius 3 is 2.68 bits per heavy atom. The van der Waals surface area contributed by atoms with E-state index in [0.29, 0.717) is 5.75 Å². The number of anilines is 1. The fourth-order valence-electron chi connectivity index (χ4n) is 1.64. The zero-order valence-electron chi connectivity index (χ0n) is 11.7. The van der Waals surface area contributed by atoms with Crippen LogP contribution < -0.4 is 15.4 Å². The highest BCUT2D eigenvalue weighted by Gasteiger charge is 2.16. The molecule has 22 heavy (non-hydrogen) atoms. The van der Waals surface area contributed by atoms with Crippen LogP contribution in [0.1, 0.15) is 11.1 Å². The number of amides is 2. The van der Waals surface area contributed by atoms with Gasteiger partial charge in [-0.15, -0.1) is 0 Å². The lowest BCUT2D eigenvalue weighted by Crippen LogP contribution is -2.35. The summed E-state index contributed by atoms with van der Waals surface area (Å²) in [4.78, 5) is 23.4. The predicted octanol–water partition coefficient (Wildman–Crippen LogP) is 0.545. The number of ether oxygens (including phenoxy) is 1. The molecular weight excluding hydrogens is 286 g/mol. The van der Waals surface area contributed by atoms with Crippen molar-refractivity contribution in [2.75, 3.05) is 12.4 Å². The van der Waals surface area contributed by atoms with Crippen molar-refractivity contribution < 1.29 is 14.3 Å². The number of nitriles is 1. The quantitative estimate of drug-likeness (QED) is 0.712. The Hall–Kier alpha value is -3.34. The lowest BCUT2D eigenvalue weighted by atomic mass is 10.2. The molecule has 8 nitrogen and oxygen atoms in total. The molecule has 0 bridgehead atoms. The number of aromatic amines is 1. The van der Waals surface area contributed by atoms with Crippen LogP contribution in [0.25, 0.3) is 0 Å². The number of carbonyl (C=O) groups excluding carboxylic acids is 2. The molecule has 1 aromatic carbocycles. The summed E-state index contributed by atoms with van der Waals surface area (Å²) >= 11 is 0. The highest BCUT2D eigenvalue weighted by atomic mass is 16.5. The van der Waals surface area contributed by atoms with Crippen LogP contribution >= 0.6 is 0 Å². The molecule has 0 fully saturated rings. The first-order chi connectivity index (χ1) is 10.6. The van der Waals surface area contributed by atoms with Crippen molar-refractivity contribution in [3.05, 3.63) is 41.6 Å². The number of nitrogens with zero attached hydrogens (tertiary/aromatic N) is 2. The van der Waals surface area contributed by atoms with Gasteiger partial charge in [0.1, 0.15) is 23.2 Å². The summed E-state index contributed by atoms with van der Waals surface area (Å²) < 4.78 is 5.03. The van der Waals surface area contributed by atoms with E-state index in [1.807, 2.05) is 6.07 Å². The second-order valence-corrected chi connectivity index (χ2v) is 4.26. The van der Waals surface area contributed by atoms with E-state index in [1.54, 1.807) is 31.4 Å². The number of nitrogens with one attached hydrogen (secondary N) is 3. The third-order valence-electron chi connectivity index (χ3n) is 2.82. The van der Waals surface area contributed by atoms with E-state index in [2.05, 4.69) is 20.8 Å². The van der Waals surface area contributed by atoms with Crippen LogP contribution in [0.2, 0.25) is 0 Å². The summed E-state index contributed by atoms with van der Waals surface area (Å²) in [6, 6.07) is 8.90. The second kappa shape index (κ2) is 6.90. The summed E-state index contributed by atoms with van der Waals surface area (Å²) in [5.41, 5.74) is 0.970. The monoisotopic (exact) mass is 299 g/mol. The highest BCUT2D eigenvalue weighted by Crippen LogP contribution is 2.11. The predicted molar refractivity (Wildman–Crippen MR) is 76.8 cm³/mol. The van der Waals surface area contributed by atoms with Crippen molar-refractivity contribution in [3.8, 4) is 11.8 Å². The number of benzene rings is 1. The standard InChI is InChI=1S/C14H13N5O3/c1-22-11-4-2-9(3-5-11)7-16-13(20)14(21)18-12-10(6-15)8-17-19-12/h2-5,8H,7H2,1H3,(H,16,20)(H2,17,18,19,21). The molecule has 0 spiro atoms. The minimum absolute atomic E-state index is 0.0899. The molecule has 2 aromatic rings. The molecule has 0 saturated carbocycles. The molecule has 0 unspecified atom stereocenters. The van der Waals surface area contributed by atoms with E-state index < -0.39 is 11.8 Å². The van der Waals surface area contributed by atoms with Gasteiger partial charge < -0.3 is 15.4 Å². The number of rotatable bonds is 4. The first-order valence-corrected chi connectivity index (χ1v) is 6.29. The Morgan fingerprint density at radius 2 is 2.05 bits per heavy atom. The van der Waals surface area contributed by atoms with Crippen molar-refractivity contribution >= 4 is 17.6 Å². The summed E-state index contributed by atoms with van der Waals surface area (Å²) in [5, 5.41) is 19.6. The van der Waals surface area contributed by atoms with Gasteiger partial charge in [0, 0.05) is 6.54 Å². The van der Waals surface area contributed by atoms with Gasteiger partial charge in [-0.3, -0.25) is 14.7 Å². The minimum Gasteiger partial charge on any atom is -0.497 e. The van der Waals surface area contributed by atoms with Gasteiger partial charge in [-0.1, -0.05) is 12.1 Å². The summed E-state index contributed by atoms with van der Waals surface area (Å²) in [7, 11) is 1.56. The average molecular weight is 299 g/mol. The van der Waals surface area contributed by atoms with E-state index >= 15 is 0 Å². The van der Waals surface area contributed by atoms with Gasteiger partial charge in [-0.2, -0.15) is 10.4 Å². The Balaban J connectivity index is 1.88. The second-order valence-electron chi connectivity index (χ2n) is 4.26. The maximum Gasteiger partial charge on any atom is 0.314 e. The maximum absolute atomic E-state index is 11.7. The maximum atomic E-state index is 11.7. The van der Waals surface area contributed by atoms with Crippen molar-refractivity contribution in [1.82, 2.24) is 15.5 Å². The average Bonchev–Trinajstić information content (AvgIpc) is 3.00. The first kappa shape index (κ1) is 15.1. The summed E-state index contributed by atoms with van der Waals surface area (Å²) in [6.07, 6.45) is 1.25. The molecule has 0 aliphatic carbocycles. The van der Waals surface area contributed by atoms with Crippen LogP contribution in [0.15, 0.2) is 30.5 Å². The number of methoxy groups -OCH3 is 1. The van der Waals surface area contributed by atoms with Gasteiger partial charge in [0.25, 0.3) is 0 Å². The van der Waals surface area contributed by atoms with Crippen molar-refractivity contribution in [2.24, 2.45) is 0 Å². The lowest BCUT2D eigenvalue weighted by molar-refractivity contribution is -0.136. The molecule has 0 radical (unpaired) electrons. The number of aromatic nitrogens is 2. The van der Waals surface area contributed by atoms with Crippen molar-refractivity contribution in [1.29, 1.82) is 5.26 Å². The van der Waals surface area contributed by atoms with Crippen LogP contribution in [0.4, 0.5) is 5.82 Å². The largest absolute Gasteiger partial charge is 0.497 e. The molecular formula is C14H13N5O3. The molecule has 112 valence electrons. The molecule has 2 rings (SSSR count). The lowest BCUT2D eigenvalue weighted by Gasteiger charge is -2.06. The summed E-state index contributed by atoms with van der Waals surface area (Å²) in [6.45, 7) is 0.199. The molecule has 1 aromatic heterocycles. The van der Waals surface area contributed by atoms with Gasteiger partial charge in [0.05, 0.1) is 13.3 Å². The number of hydrogen-bond acceptors (Lipinski definition) is 5. The zero-order chi connectivity index (χ0) is 15.9.